The third kappa shape index (κ3) is 9.07. The van der Waals surface area contributed by atoms with Crippen molar-refractivity contribution in [3.8, 4) is 11.8 Å². The number of nitrogens with zero attached hydrogens (tertiary/aromatic N) is 1. The molecule has 0 aliphatic heterocycles. The molecule has 204 valence electrons. The number of ketones is 1. The Hall–Kier alpha value is -2.89. The van der Waals surface area contributed by atoms with E-state index >= 15 is 0 Å². The molecular weight excluding hydrogens is 539 g/mol. The van der Waals surface area contributed by atoms with Crippen molar-refractivity contribution in [2.75, 3.05) is 6.61 Å². The van der Waals surface area contributed by atoms with Gasteiger partial charge in [-0.15, -0.1) is 0 Å². The van der Waals surface area contributed by atoms with Gasteiger partial charge in [0.25, 0.3) is 5.91 Å². The number of pyridine rings is 1. The van der Waals surface area contributed by atoms with Gasteiger partial charge in [0.1, 0.15) is 11.3 Å². The number of benzene rings is 2. The maximum atomic E-state index is 13.3. The molecule has 1 aliphatic rings. The summed E-state index contributed by atoms with van der Waals surface area (Å²) >= 11 is 5.93. The van der Waals surface area contributed by atoms with Gasteiger partial charge in [-0.1, -0.05) is 42.0 Å². The standard InChI is InChI=1S/C31H31ClN2O5.Na.H/c1-21(35)6-3-2-4-8-29(36)39-17-5-7-22-11-16-28-26(18-22)30(37)27(20-34(28)25-14-15-25)31(38)33-19-23-9-12-24(32)13-10-23;;/h9-13,16,18,20,25H,2-4,6,8,14-15,17,19H2,1H3,(H,33,38);;. The molecule has 1 amide bonds. The normalized spacial score (nSPS) is 12.2. The number of fused-ring (bicyclic) bond motifs is 1. The van der Waals surface area contributed by atoms with Gasteiger partial charge >= 0.3 is 35.5 Å². The van der Waals surface area contributed by atoms with Crippen LogP contribution in [0.1, 0.15) is 79.4 Å². The van der Waals surface area contributed by atoms with Crippen molar-refractivity contribution in [1.82, 2.24) is 9.88 Å². The summed E-state index contributed by atoms with van der Waals surface area (Å²) in [5.41, 5.74) is 1.97. The quantitative estimate of drug-likeness (QED) is 0.156. The molecule has 1 fully saturated rings. The Balaban J connectivity index is 0.00000441. The van der Waals surface area contributed by atoms with Crippen LogP contribution < -0.4 is 10.7 Å². The van der Waals surface area contributed by atoms with Crippen LogP contribution in [0.5, 0.6) is 0 Å². The molecule has 2 aromatic carbocycles. The zero-order chi connectivity index (χ0) is 27.8. The van der Waals surface area contributed by atoms with Gasteiger partial charge in [-0.3, -0.25) is 14.4 Å². The van der Waals surface area contributed by atoms with E-state index in [4.69, 9.17) is 16.3 Å². The van der Waals surface area contributed by atoms with Gasteiger partial charge in [-0.2, -0.15) is 0 Å². The van der Waals surface area contributed by atoms with Gasteiger partial charge < -0.3 is 19.4 Å². The van der Waals surface area contributed by atoms with Crippen LogP contribution in [0, 0.1) is 11.8 Å². The van der Waals surface area contributed by atoms with Crippen molar-refractivity contribution < 1.29 is 19.1 Å². The summed E-state index contributed by atoms with van der Waals surface area (Å²) in [5, 5.41) is 3.87. The Kier molecular flexibility index (Phi) is 12.0. The SMILES string of the molecule is CC(=O)CCCCCC(=O)OCC#Cc1ccc2c(c1)c(=O)c(C(=O)NCc1ccc(Cl)cc1)cn2C1CC1.[NaH]. The van der Waals surface area contributed by atoms with Crippen LogP contribution in [-0.4, -0.2) is 58.4 Å². The Morgan fingerprint density at radius 2 is 1.77 bits per heavy atom. The third-order valence-corrected chi connectivity index (χ3v) is 6.78. The molecule has 1 saturated carbocycles. The van der Waals surface area contributed by atoms with E-state index in [1.807, 2.05) is 28.8 Å². The van der Waals surface area contributed by atoms with Crippen LogP contribution in [0.2, 0.25) is 5.02 Å². The van der Waals surface area contributed by atoms with Gasteiger partial charge in [0.15, 0.2) is 6.61 Å². The molecule has 0 unspecified atom stereocenters. The van der Waals surface area contributed by atoms with E-state index in [1.165, 1.54) is 0 Å². The number of nitrogens with one attached hydrogen (secondary N) is 1. The summed E-state index contributed by atoms with van der Waals surface area (Å²) in [6.45, 7) is 1.79. The number of rotatable bonds is 11. The Bertz CT molecular complexity index is 1500. The molecule has 0 saturated heterocycles. The van der Waals surface area contributed by atoms with E-state index in [-0.39, 0.29) is 71.5 Å². The van der Waals surface area contributed by atoms with Crippen molar-refractivity contribution >= 4 is 69.7 Å². The van der Waals surface area contributed by atoms with E-state index in [0.29, 0.717) is 35.2 Å². The average molecular weight is 571 g/mol. The first kappa shape index (κ1) is 31.6. The van der Waals surface area contributed by atoms with Gasteiger partial charge in [0.2, 0.25) is 5.43 Å². The number of carbonyl (C=O) groups is 3. The number of ether oxygens (including phenoxy) is 1. The number of hydrogen-bond donors (Lipinski definition) is 1. The fourth-order valence-corrected chi connectivity index (χ4v) is 4.40. The first-order valence-corrected chi connectivity index (χ1v) is 13.5. The summed E-state index contributed by atoms with van der Waals surface area (Å²) in [4.78, 5) is 49.2. The number of esters is 1. The van der Waals surface area contributed by atoms with Crippen LogP contribution in [0.4, 0.5) is 0 Å². The monoisotopic (exact) mass is 570 g/mol. The molecule has 9 heteroatoms. The summed E-state index contributed by atoms with van der Waals surface area (Å²) in [6.07, 6.45) is 6.72. The zero-order valence-corrected chi connectivity index (χ0v) is 22.7. The molecule has 1 heterocycles. The molecule has 0 spiro atoms. The van der Waals surface area contributed by atoms with E-state index in [9.17, 15) is 19.2 Å². The van der Waals surface area contributed by atoms with Crippen molar-refractivity contribution in [1.29, 1.82) is 0 Å². The Labute approximate surface area is 260 Å². The predicted octanol–water partition coefficient (Wildman–Crippen LogP) is 4.71. The number of halogens is 1. The predicted molar refractivity (Wildman–Crippen MR) is 158 cm³/mol. The number of unbranched alkanes of at least 4 members (excludes halogenated alkanes) is 2. The second kappa shape index (κ2) is 15.2. The van der Waals surface area contributed by atoms with Crippen molar-refractivity contribution in [3.63, 3.8) is 0 Å². The van der Waals surface area contributed by atoms with Gasteiger partial charge in [-0.05, 0) is 68.5 Å². The molecule has 4 rings (SSSR count). The van der Waals surface area contributed by atoms with Crippen molar-refractivity contribution in [2.24, 2.45) is 0 Å². The molecule has 40 heavy (non-hydrogen) atoms. The first-order valence-electron chi connectivity index (χ1n) is 13.2. The molecule has 3 aromatic rings. The molecule has 0 atom stereocenters. The minimum atomic E-state index is -0.434. The Morgan fingerprint density at radius 3 is 2.48 bits per heavy atom. The Morgan fingerprint density at radius 1 is 1.05 bits per heavy atom. The van der Waals surface area contributed by atoms with Crippen LogP contribution in [0.3, 0.4) is 0 Å². The fourth-order valence-electron chi connectivity index (χ4n) is 4.28. The first-order chi connectivity index (χ1) is 18.8. The minimum absolute atomic E-state index is 0. The van der Waals surface area contributed by atoms with Crippen molar-refractivity contribution in [2.45, 2.75) is 64.5 Å². The fraction of sp³-hybridized carbons (Fsp3) is 0.355. The number of hydrogen-bond acceptors (Lipinski definition) is 5. The van der Waals surface area contributed by atoms with E-state index in [2.05, 4.69) is 17.2 Å². The molecule has 7 nitrogen and oxygen atoms in total. The van der Waals surface area contributed by atoms with Gasteiger partial charge in [0, 0.05) is 47.6 Å². The number of aromatic nitrogens is 1. The molecule has 1 N–H and O–H groups in total. The topological polar surface area (TPSA) is 94.5 Å². The van der Waals surface area contributed by atoms with E-state index in [0.717, 1.165) is 36.8 Å². The summed E-state index contributed by atoms with van der Waals surface area (Å²) < 4.78 is 7.18. The summed E-state index contributed by atoms with van der Waals surface area (Å²) in [5.74, 6) is 5.17. The second-order valence-corrected chi connectivity index (χ2v) is 10.2. The van der Waals surface area contributed by atoms with Gasteiger partial charge in [0.05, 0.1) is 5.52 Å². The summed E-state index contributed by atoms with van der Waals surface area (Å²) in [6, 6.07) is 12.8. The molecule has 1 aliphatic carbocycles. The van der Waals surface area contributed by atoms with Gasteiger partial charge in [-0.25, -0.2) is 0 Å². The van der Waals surface area contributed by atoms with E-state index < -0.39 is 5.91 Å². The van der Waals surface area contributed by atoms with Crippen LogP contribution in [-0.2, 0) is 20.9 Å². The van der Waals surface area contributed by atoms with Crippen molar-refractivity contribution in [3.05, 3.63) is 80.6 Å². The van der Waals surface area contributed by atoms with Crippen LogP contribution in [0.25, 0.3) is 10.9 Å². The zero-order valence-electron chi connectivity index (χ0n) is 21.9. The molecule has 0 radical (unpaired) electrons. The second-order valence-electron chi connectivity index (χ2n) is 9.78. The van der Waals surface area contributed by atoms with Crippen LogP contribution in [0.15, 0.2) is 53.5 Å². The number of Topliss-reactive ketones (excluding diaryl/α,β-unsaturated/α-hetero) is 1. The van der Waals surface area contributed by atoms with E-state index in [1.54, 1.807) is 31.3 Å². The number of carbonyl (C=O) groups excluding carboxylic acids is 3. The molecule has 1 aromatic heterocycles. The maximum absolute atomic E-state index is 13.3. The average Bonchev–Trinajstić information content (AvgIpc) is 3.76. The third-order valence-electron chi connectivity index (χ3n) is 6.53. The molecular formula is C31H32ClN2NaO5. The number of amides is 1. The van der Waals surface area contributed by atoms with Crippen LogP contribution >= 0.6 is 11.6 Å². The molecule has 0 bridgehead atoms. The summed E-state index contributed by atoms with van der Waals surface area (Å²) in [7, 11) is 0.